The Balaban J connectivity index is 1.60. The van der Waals surface area contributed by atoms with Crippen molar-refractivity contribution in [1.82, 2.24) is 0 Å². The Morgan fingerprint density at radius 2 is 1.31 bits per heavy atom. The number of aryl methyl sites for hydroxylation is 1. The summed E-state index contributed by atoms with van der Waals surface area (Å²) in [5.74, 6) is 0. The molecule has 0 N–H and O–H groups in total. The minimum Gasteiger partial charge on any atom is -0.366 e. The molecule has 1 heterocycles. The molecule has 26 heavy (non-hydrogen) atoms. The molecule has 1 nitrogen and oxygen atoms in total. The first-order valence-electron chi connectivity index (χ1n) is 9.55. The zero-order chi connectivity index (χ0) is 17.8. The lowest BCUT2D eigenvalue weighted by molar-refractivity contribution is -0.0419. The summed E-state index contributed by atoms with van der Waals surface area (Å²) in [6, 6.07) is 30.3. The minimum atomic E-state index is -0.127. The van der Waals surface area contributed by atoms with Crippen LogP contribution in [0.15, 0.2) is 84.9 Å². The largest absolute Gasteiger partial charge is 0.366 e. The van der Waals surface area contributed by atoms with Crippen molar-refractivity contribution in [2.45, 2.75) is 44.3 Å². The summed E-state index contributed by atoms with van der Waals surface area (Å²) < 4.78 is 6.78. The molecule has 1 aliphatic rings. The van der Waals surface area contributed by atoms with Crippen LogP contribution in [0.3, 0.4) is 0 Å². The Morgan fingerprint density at radius 1 is 0.769 bits per heavy atom. The van der Waals surface area contributed by atoms with Crippen molar-refractivity contribution < 1.29 is 4.74 Å². The monoisotopic (exact) mass is 342 g/mol. The van der Waals surface area contributed by atoms with Crippen LogP contribution in [0.2, 0.25) is 0 Å². The van der Waals surface area contributed by atoms with Crippen molar-refractivity contribution >= 4 is 0 Å². The van der Waals surface area contributed by atoms with E-state index < -0.39 is 0 Å². The molecule has 3 aromatic carbocycles. The summed E-state index contributed by atoms with van der Waals surface area (Å²) in [5.41, 5.74) is 5.18. The Labute approximate surface area is 156 Å². The van der Waals surface area contributed by atoms with E-state index in [4.69, 9.17) is 4.74 Å². The van der Waals surface area contributed by atoms with Crippen molar-refractivity contribution in [1.29, 1.82) is 0 Å². The molecule has 1 unspecified atom stereocenters. The lowest BCUT2D eigenvalue weighted by Crippen LogP contribution is -2.33. The third-order valence-corrected chi connectivity index (χ3v) is 5.44. The molecule has 1 fully saturated rings. The van der Waals surface area contributed by atoms with Crippen LogP contribution in [-0.4, -0.2) is 5.60 Å². The Hall–Kier alpha value is -2.38. The molecule has 1 aliphatic heterocycles. The SMILES string of the molecule is Cc1ccc(C2CCC(Cc3ccccc3)(Cc3ccccc3)O2)cc1. The van der Waals surface area contributed by atoms with Gasteiger partial charge >= 0.3 is 0 Å². The second kappa shape index (κ2) is 7.47. The highest BCUT2D eigenvalue weighted by molar-refractivity contribution is 5.26. The summed E-state index contributed by atoms with van der Waals surface area (Å²) >= 11 is 0. The maximum Gasteiger partial charge on any atom is 0.0833 e. The maximum absolute atomic E-state index is 6.78. The fourth-order valence-corrected chi connectivity index (χ4v) is 4.09. The molecule has 0 aliphatic carbocycles. The zero-order valence-electron chi connectivity index (χ0n) is 15.4. The van der Waals surface area contributed by atoms with E-state index in [1.54, 1.807) is 0 Å². The molecule has 4 rings (SSSR count). The highest BCUT2D eigenvalue weighted by Crippen LogP contribution is 2.43. The quantitative estimate of drug-likeness (QED) is 0.547. The van der Waals surface area contributed by atoms with E-state index in [0.717, 1.165) is 25.7 Å². The van der Waals surface area contributed by atoms with Gasteiger partial charge < -0.3 is 4.74 Å². The van der Waals surface area contributed by atoms with Crippen LogP contribution in [0.4, 0.5) is 0 Å². The zero-order valence-corrected chi connectivity index (χ0v) is 15.4. The van der Waals surface area contributed by atoms with Gasteiger partial charge in [0.25, 0.3) is 0 Å². The second-order valence-corrected chi connectivity index (χ2v) is 7.56. The number of hydrogen-bond acceptors (Lipinski definition) is 1. The Kier molecular flexibility index (Phi) is 4.90. The molecular weight excluding hydrogens is 316 g/mol. The van der Waals surface area contributed by atoms with Crippen molar-refractivity contribution in [3.63, 3.8) is 0 Å². The van der Waals surface area contributed by atoms with Crippen molar-refractivity contribution in [2.75, 3.05) is 0 Å². The standard InChI is InChI=1S/C25H26O/c1-20-12-14-23(15-13-20)24-16-17-25(26-24,18-21-8-4-2-5-9-21)19-22-10-6-3-7-11-22/h2-15,24H,16-19H2,1H3. The highest BCUT2D eigenvalue weighted by Gasteiger charge is 2.40. The van der Waals surface area contributed by atoms with Crippen molar-refractivity contribution in [2.24, 2.45) is 0 Å². The predicted octanol–water partition coefficient (Wildman–Crippen LogP) is 6.07. The first-order valence-corrected chi connectivity index (χ1v) is 9.55. The van der Waals surface area contributed by atoms with Crippen LogP contribution >= 0.6 is 0 Å². The molecule has 0 bridgehead atoms. The highest BCUT2D eigenvalue weighted by atomic mass is 16.5. The molecule has 1 atom stereocenters. The Bertz CT molecular complexity index is 780. The lowest BCUT2D eigenvalue weighted by Gasteiger charge is -2.30. The minimum absolute atomic E-state index is 0.127. The van der Waals surface area contributed by atoms with Crippen LogP contribution in [0.5, 0.6) is 0 Å². The molecule has 0 aromatic heterocycles. The van der Waals surface area contributed by atoms with Gasteiger partial charge in [-0.1, -0.05) is 90.5 Å². The van der Waals surface area contributed by atoms with Crippen LogP contribution < -0.4 is 0 Å². The molecule has 3 aromatic rings. The van der Waals surface area contributed by atoms with Crippen molar-refractivity contribution in [3.8, 4) is 0 Å². The summed E-state index contributed by atoms with van der Waals surface area (Å²) in [7, 11) is 0. The van der Waals surface area contributed by atoms with Gasteiger partial charge in [0.1, 0.15) is 0 Å². The molecular formula is C25H26O. The van der Waals surface area contributed by atoms with E-state index in [9.17, 15) is 0 Å². The van der Waals surface area contributed by atoms with Gasteiger partial charge in [-0.05, 0) is 36.5 Å². The number of rotatable bonds is 5. The first-order chi connectivity index (χ1) is 12.7. The van der Waals surface area contributed by atoms with Crippen LogP contribution in [0.25, 0.3) is 0 Å². The molecule has 0 radical (unpaired) electrons. The van der Waals surface area contributed by atoms with Gasteiger partial charge in [-0.25, -0.2) is 0 Å². The Morgan fingerprint density at radius 3 is 1.85 bits per heavy atom. The van der Waals surface area contributed by atoms with Gasteiger partial charge in [0.15, 0.2) is 0 Å². The van der Waals surface area contributed by atoms with Crippen LogP contribution in [-0.2, 0) is 17.6 Å². The van der Waals surface area contributed by atoms with E-state index in [2.05, 4.69) is 91.9 Å². The molecule has 0 spiro atoms. The molecule has 1 saturated heterocycles. The van der Waals surface area contributed by atoms with Gasteiger partial charge in [-0.2, -0.15) is 0 Å². The van der Waals surface area contributed by atoms with Gasteiger partial charge in [0.2, 0.25) is 0 Å². The molecule has 1 heteroatoms. The summed E-state index contributed by atoms with van der Waals surface area (Å²) in [6.07, 6.45) is 4.30. The molecule has 0 saturated carbocycles. The second-order valence-electron chi connectivity index (χ2n) is 7.56. The number of benzene rings is 3. The van der Waals surface area contributed by atoms with Crippen LogP contribution in [0, 0.1) is 6.92 Å². The lowest BCUT2D eigenvalue weighted by atomic mass is 9.85. The number of hydrogen-bond donors (Lipinski definition) is 0. The van der Waals surface area contributed by atoms with E-state index in [0.29, 0.717) is 0 Å². The van der Waals surface area contributed by atoms with E-state index in [-0.39, 0.29) is 11.7 Å². The maximum atomic E-state index is 6.78. The fraction of sp³-hybridized carbons (Fsp3) is 0.280. The average molecular weight is 342 g/mol. The third-order valence-electron chi connectivity index (χ3n) is 5.44. The summed E-state index contributed by atoms with van der Waals surface area (Å²) in [6.45, 7) is 2.13. The van der Waals surface area contributed by atoms with Gasteiger partial charge in [0, 0.05) is 12.8 Å². The predicted molar refractivity (Wildman–Crippen MR) is 107 cm³/mol. The van der Waals surface area contributed by atoms with Gasteiger partial charge in [0.05, 0.1) is 11.7 Å². The van der Waals surface area contributed by atoms with Crippen LogP contribution in [0.1, 0.15) is 41.2 Å². The number of ether oxygens (including phenoxy) is 1. The van der Waals surface area contributed by atoms with E-state index >= 15 is 0 Å². The third kappa shape index (κ3) is 3.89. The van der Waals surface area contributed by atoms with E-state index in [1.807, 2.05) is 0 Å². The topological polar surface area (TPSA) is 9.23 Å². The first kappa shape index (κ1) is 17.1. The molecule has 132 valence electrons. The summed E-state index contributed by atoms with van der Waals surface area (Å²) in [4.78, 5) is 0. The summed E-state index contributed by atoms with van der Waals surface area (Å²) in [5, 5.41) is 0. The average Bonchev–Trinajstić information content (AvgIpc) is 3.07. The normalized spacial score (nSPS) is 18.7. The fourth-order valence-electron chi connectivity index (χ4n) is 4.09. The van der Waals surface area contributed by atoms with Crippen molar-refractivity contribution in [3.05, 3.63) is 107 Å². The smallest absolute Gasteiger partial charge is 0.0833 e. The van der Waals surface area contributed by atoms with E-state index in [1.165, 1.54) is 22.3 Å². The molecule has 0 amide bonds. The van der Waals surface area contributed by atoms with Gasteiger partial charge in [-0.15, -0.1) is 0 Å². The van der Waals surface area contributed by atoms with Gasteiger partial charge in [-0.3, -0.25) is 0 Å².